The zero-order valence-corrected chi connectivity index (χ0v) is 16.9. The molecular formula is C21H28N2O5. The van der Waals surface area contributed by atoms with E-state index in [9.17, 15) is 9.59 Å². The van der Waals surface area contributed by atoms with Crippen LogP contribution in [-0.2, 0) is 22.6 Å². The number of ether oxygens (including phenoxy) is 1. The number of hydrogen-bond acceptors (Lipinski definition) is 5. The van der Waals surface area contributed by atoms with Gasteiger partial charge in [0.05, 0.1) is 24.1 Å². The zero-order valence-electron chi connectivity index (χ0n) is 16.9. The number of carboxylic acid groups (broad SMARTS) is 1. The van der Waals surface area contributed by atoms with Crippen LogP contribution in [0.25, 0.3) is 0 Å². The molecule has 0 aliphatic heterocycles. The van der Waals surface area contributed by atoms with Gasteiger partial charge in [0.25, 0.3) is 0 Å². The number of carbonyl (C=O) groups excluding carboxylic acids is 1. The number of carbonyl (C=O) groups is 2. The molecule has 0 spiro atoms. The van der Waals surface area contributed by atoms with Gasteiger partial charge in [0.2, 0.25) is 5.91 Å². The van der Waals surface area contributed by atoms with E-state index in [2.05, 4.69) is 5.16 Å². The van der Waals surface area contributed by atoms with Crippen molar-refractivity contribution in [2.24, 2.45) is 5.92 Å². The molecular weight excluding hydrogens is 360 g/mol. The van der Waals surface area contributed by atoms with Crippen LogP contribution in [0.4, 0.5) is 0 Å². The first-order valence-electron chi connectivity index (χ1n) is 9.39. The van der Waals surface area contributed by atoms with Gasteiger partial charge in [0, 0.05) is 13.1 Å². The maximum Gasteiger partial charge on any atom is 0.305 e. The van der Waals surface area contributed by atoms with Gasteiger partial charge >= 0.3 is 5.97 Å². The molecule has 0 aliphatic carbocycles. The molecule has 0 radical (unpaired) electrons. The van der Waals surface area contributed by atoms with Gasteiger partial charge in [0.15, 0.2) is 0 Å². The SMILES string of the molecule is Cc1noc(C)c1COc1ccc(CC(=O)N(CCC(=O)O)CC(C)C)cc1. The third-order valence-electron chi connectivity index (χ3n) is 4.38. The third kappa shape index (κ3) is 6.40. The van der Waals surface area contributed by atoms with Gasteiger partial charge in [-0.05, 0) is 37.5 Å². The second-order valence-corrected chi connectivity index (χ2v) is 7.29. The molecule has 0 atom stereocenters. The molecule has 152 valence electrons. The molecule has 7 heteroatoms. The minimum atomic E-state index is -0.902. The second kappa shape index (κ2) is 9.92. The van der Waals surface area contributed by atoms with Crippen molar-refractivity contribution in [3.63, 3.8) is 0 Å². The summed E-state index contributed by atoms with van der Waals surface area (Å²) in [6, 6.07) is 7.35. The van der Waals surface area contributed by atoms with Crippen molar-refractivity contribution in [2.75, 3.05) is 13.1 Å². The molecule has 0 unspecified atom stereocenters. The van der Waals surface area contributed by atoms with Gasteiger partial charge in [-0.15, -0.1) is 0 Å². The van der Waals surface area contributed by atoms with Crippen molar-refractivity contribution in [3.05, 3.63) is 46.8 Å². The molecule has 0 saturated carbocycles. The number of aryl methyl sites for hydroxylation is 2. The number of aliphatic carboxylic acids is 1. The monoisotopic (exact) mass is 388 g/mol. The summed E-state index contributed by atoms with van der Waals surface area (Å²) in [4.78, 5) is 25.0. The number of carboxylic acids is 1. The smallest absolute Gasteiger partial charge is 0.305 e. The van der Waals surface area contributed by atoms with E-state index >= 15 is 0 Å². The fourth-order valence-corrected chi connectivity index (χ4v) is 2.84. The first-order chi connectivity index (χ1) is 13.3. The third-order valence-corrected chi connectivity index (χ3v) is 4.38. The summed E-state index contributed by atoms with van der Waals surface area (Å²) in [6.07, 6.45) is 0.184. The molecule has 0 saturated heterocycles. The first-order valence-corrected chi connectivity index (χ1v) is 9.39. The lowest BCUT2D eigenvalue weighted by molar-refractivity contribution is -0.138. The minimum absolute atomic E-state index is 0.0487. The van der Waals surface area contributed by atoms with Crippen LogP contribution in [0.1, 0.15) is 42.8 Å². The van der Waals surface area contributed by atoms with Crippen LogP contribution in [0.5, 0.6) is 5.75 Å². The van der Waals surface area contributed by atoms with Crippen molar-refractivity contribution in [1.29, 1.82) is 0 Å². The summed E-state index contributed by atoms with van der Waals surface area (Å²) in [5, 5.41) is 12.8. The summed E-state index contributed by atoms with van der Waals surface area (Å²) in [7, 11) is 0. The number of amides is 1. The van der Waals surface area contributed by atoms with E-state index in [1.54, 1.807) is 4.90 Å². The molecule has 1 aromatic carbocycles. The van der Waals surface area contributed by atoms with Crippen molar-refractivity contribution >= 4 is 11.9 Å². The Bertz CT molecular complexity index is 776. The highest BCUT2D eigenvalue weighted by molar-refractivity contribution is 5.79. The minimum Gasteiger partial charge on any atom is -0.489 e. The quantitative estimate of drug-likeness (QED) is 0.671. The fourth-order valence-electron chi connectivity index (χ4n) is 2.84. The topological polar surface area (TPSA) is 92.9 Å². The largest absolute Gasteiger partial charge is 0.489 e. The van der Waals surface area contributed by atoms with Gasteiger partial charge in [-0.3, -0.25) is 9.59 Å². The molecule has 2 aromatic rings. The van der Waals surface area contributed by atoms with E-state index in [0.717, 1.165) is 22.6 Å². The second-order valence-electron chi connectivity index (χ2n) is 7.29. The predicted molar refractivity (Wildman–Crippen MR) is 104 cm³/mol. The Hall–Kier alpha value is -2.83. The van der Waals surface area contributed by atoms with Gasteiger partial charge in [-0.1, -0.05) is 31.1 Å². The molecule has 0 aliphatic rings. The van der Waals surface area contributed by atoms with Crippen LogP contribution in [0, 0.1) is 19.8 Å². The average molecular weight is 388 g/mol. The lowest BCUT2D eigenvalue weighted by Crippen LogP contribution is -2.37. The van der Waals surface area contributed by atoms with Crippen LogP contribution in [0.3, 0.4) is 0 Å². The van der Waals surface area contributed by atoms with Crippen molar-refractivity contribution < 1.29 is 24.0 Å². The van der Waals surface area contributed by atoms with E-state index in [1.165, 1.54) is 0 Å². The van der Waals surface area contributed by atoms with Crippen molar-refractivity contribution in [1.82, 2.24) is 10.1 Å². The van der Waals surface area contributed by atoms with Gasteiger partial charge in [0.1, 0.15) is 18.1 Å². The Kier molecular flexibility index (Phi) is 7.61. The van der Waals surface area contributed by atoms with E-state index in [1.807, 2.05) is 52.0 Å². The number of rotatable bonds is 10. The van der Waals surface area contributed by atoms with Crippen LogP contribution in [-0.4, -0.2) is 40.1 Å². The molecule has 0 fully saturated rings. The maximum absolute atomic E-state index is 12.6. The number of aromatic nitrogens is 1. The summed E-state index contributed by atoms with van der Waals surface area (Å²) < 4.78 is 10.9. The Morgan fingerprint density at radius 3 is 2.43 bits per heavy atom. The highest BCUT2D eigenvalue weighted by Crippen LogP contribution is 2.18. The van der Waals surface area contributed by atoms with Crippen LogP contribution in [0.2, 0.25) is 0 Å². The Morgan fingerprint density at radius 2 is 1.89 bits per heavy atom. The van der Waals surface area contributed by atoms with Crippen molar-refractivity contribution in [2.45, 2.75) is 47.1 Å². The highest BCUT2D eigenvalue weighted by atomic mass is 16.5. The summed E-state index contributed by atoms with van der Waals surface area (Å²) in [5.41, 5.74) is 2.60. The molecule has 1 N–H and O–H groups in total. The fraction of sp³-hybridized carbons (Fsp3) is 0.476. The Morgan fingerprint density at radius 1 is 1.21 bits per heavy atom. The molecule has 1 amide bonds. The summed E-state index contributed by atoms with van der Waals surface area (Å²) in [5.74, 6) is 0.742. The number of benzene rings is 1. The standard InChI is InChI=1S/C21H28N2O5/c1-14(2)12-23(10-9-21(25)26)20(24)11-17-5-7-18(8-6-17)27-13-19-15(3)22-28-16(19)4/h5-8,14H,9-13H2,1-4H3,(H,25,26). The number of nitrogens with zero attached hydrogens (tertiary/aromatic N) is 2. The first kappa shape index (κ1) is 21.5. The Labute approximate surface area is 165 Å². The Balaban J connectivity index is 1.94. The van der Waals surface area contributed by atoms with E-state index in [0.29, 0.717) is 18.9 Å². The lowest BCUT2D eigenvalue weighted by atomic mass is 10.1. The maximum atomic E-state index is 12.6. The highest BCUT2D eigenvalue weighted by Gasteiger charge is 2.17. The van der Waals surface area contributed by atoms with Crippen LogP contribution < -0.4 is 4.74 Å². The molecule has 1 heterocycles. The van der Waals surface area contributed by atoms with Crippen LogP contribution in [0.15, 0.2) is 28.8 Å². The van der Waals surface area contributed by atoms with E-state index < -0.39 is 5.97 Å². The zero-order chi connectivity index (χ0) is 20.7. The van der Waals surface area contributed by atoms with Crippen LogP contribution >= 0.6 is 0 Å². The summed E-state index contributed by atoms with van der Waals surface area (Å²) in [6.45, 7) is 8.88. The van der Waals surface area contributed by atoms with Gasteiger partial charge in [-0.2, -0.15) is 0 Å². The molecule has 1 aromatic heterocycles. The average Bonchev–Trinajstić information content (AvgIpc) is 2.95. The normalized spacial score (nSPS) is 10.9. The van der Waals surface area contributed by atoms with Gasteiger partial charge < -0.3 is 19.3 Å². The molecule has 7 nitrogen and oxygen atoms in total. The number of hydrogen-bond donors (Lipinski definition) is 1. The van der Waals surface area contributed by atoms with E-state index in [-0.39, 0.29) is 31.2 Å². The molecule has 0 bridgehead atoms. The lowest BCUT2D eigenvalue weighted by Gasteiger charge is -2.24. The molecule has 2 rings (SSSR count). The van der Waals surface area contributed by atoms with Crippen molar-refractivity contribution in [3.8, 4) is 5.75 Å². The van der Waals surface area contributed by atoms with E-state index in [4.69, 9.17) is 14.4 Å². The predicted octanol–water partition coefficient (Wildman–Crippen LogP) is 3.37. The summed E-state index contributed by atoms with van der Waals surface area (Å²) >= 11 is 0. The molecule has 28 heavy (non-hydrogen) atoms. The van der Waals surface area contributed by atoms with Gasteiger partial charge in [-0.25, -0.2) is 0 Å².